The summed E-state index contributed by atoms with van der Waals surface area (Å²) in [4.78, 5) is 22.1. The number of benzene rings is 2. The summed E-state index contributed by atoms with van der Waals surface area (Å²) in [5, 5.41) is 15.5. The van der Waals surface area contributed by atoms with Crippen LogP contribution in [0.15, 0.2) is 47.6 Å². The summed E-state index contributed by atoms with van der Waals surface area (Å²) in [6.45, 7) is 1.69. The average Bonchev–Trinajstić information content (AvgIpc) is 2.54. The van der Waals surface area contributed by atoms with Gasteiger partial charge in [-0.2, -0.15) is 5.10 Å². The van der Waals surface area contributed by atoms with Crippen LogP contribution in [0.25, 0.3) is 0 Å². The van der Waals surface area contributed by atoms with Gasteiger partial charge in [0.15, 0.2) is 0 Å². The second-order valence-corrected chi connectivity index (χ2v) is 5.39. The van der Waals surface area contributed by atoms with Crippen molar-refractivity contribution in [1.29, 1.82) is 0 Å². The second-order valence-electron chi connectivity index (χ2n) is 4.57. The van der Waals surface area contributed by atoms with Gasteiger partial charge in [-0.05, 0) is 30.7 Å². The van der Waals surface area contributed by atoms with Gasteiger partial charge in [0.05, 0.1) is 20.7 Å². The molecule has 0 radical (unpaired) electrons. The van der Waals surface area contributed by atoms with Crippen molar-refractivity contribution in [3.8, 4) is 0 Å². The van der Waals surface area contributed by atoms with Gasteiger partial charge in [-0.15, -0.1) is 0 Å². The molecule has 0 atom stereocenters. The first-order valence-electron chi connectivity index (χ1n) is 6.43. The predicted molar refractivity (Wildman–Crippen MR) is 89.2 cm³/mol. The highest BCUT2D eigenvalue weighted by atomic mass is 35.5. The van der Waals surface area contributed by atoms with Crippen LogP contribution in [0.1, 0.15) is 22.8 Å². The van der Waals surface area contributed by atoms with Crippen molar-refractivity contribution in [2.45, 2.75) is 6.92 Å². The van der Waals surface area contributed by atoms with E-state index in [9.17, 15) is 14.9 Å². The third-order valence-corrected chi connectivity index (χ3v) is 3.72. The quantitative estimate of drug-likeness (QED) is 0.512. The largest absolute Gasteiger partial charge is 0.271 e. The lowest BCUT2D eigenvalue weighted by Crippen LogP contribution is -2.19. The van der Waals surface area contributed by atoms with Gasteiger partial charge in [0.2, 0.25) is 0 Å². The number of nitrogens with one attached hydrogen (secondary N) is 1. The average molecular weight is 352 g/mol. The number of hydrazone groups is 1. The fraction of sp³-hybridized carbons (Fsp3) is 0.0667. The highest BCUT2D eigenvalue weighted by molar-refractivity contribution is 6.42. The van der Waals surface area contributed by atoms with E-state index in [0.29, 0.717) is 21.3 Å². The van der Waals surface area contributed by atoms with Crippen LogP contribution < -0.4 is 5.43 Å². The van der Waals surface area contributed by atoms with Crippen LogP contribution in [0.3, 0.4) is 0 Å². The van der Waals surface area contributed by atoms with Gasteiger partial charge in [0, 0.05) is 17.7 Å². The maximum Gasteiger partial charge on any atom is 0.271 e. The summed E-state index contributed by atoms with van der Waals surface area (Å²) in [7, 11) is 0. The van der Waals surface area contributed by atoms with Crippen molar-refractivity contribution in [3.63, 3.8) is 0 Å². The van der Waals surface area contributed by atoms with E-state index in [4.69, 9.17) is 23.2 Å². The van der Waals surface area contributed by atoms with Crippen LogP contribution >= 0.6 is 23.2 Å². The molecule has 1 N–H and O–H groups in total. The number of rotatable bonds is 4. The van der Waals surface area contributed by atoms with E-state index < -0.39 is 10.8 Å². The maximum atomic E-state index is 12.0. The number of halogens is 2. The molecule has 6 nitrogen and oxygen atoms in total. The Kier molecular flexibility index (Phi) is 5.31. The summed E-state index contributed by atoms with van der Waals surface area (Å²) in [5.74, 6) is -0.548. The van der Waals surface area contributed by atoms with Gasteiger partial charge in [0.1, 0.15) is 0 Å². The third-order valence-electron chi connectivity index (χ3n) is 2.98. The molecule has 8 heteroatoms. The highest BCUT2D eigenvalue weighted by Crippen LogP contribution is 2.22. The summed E-state index contributed by atoms with van der Waals surface area (Å²) >= 11 is 11.8. The number of nitrogens with zero attached hydrogens (tertiary/aromatic N) is 2. The Labute approximate surface area is 141 Å². The van der Waals surface area contributed by atoms with Gasteiger partial charge in [-0.3, -0.25) is 14.9 Å². The Morgan fingerprint density at radius 2 is 1.87 bits per heavy atom. The van der Waals surface area contributed by atoms with Crippen LogP contribution in [0, 0.1) is 10.1 Å². The summed E-state index contributed by atoms with van der Waals surface area (Å²) in [6.07, 6.45) is 0. The maximum absolute atomic E-state index is 12.0. The minimum atomic E-state index is -0.568. The number of non-ortho nitro benzene ring substituents is 1. The van der Waals surface area contributed by atoms with E-state index in [1.165, 1.54) is 24.3 Å². The molecule has 23 heavy (non-hydrogen) atoms. The van der Waals surface area contributed by atoms with E-state index in [1.807, 2.05) is 0 Å². The van der Waals surface area contributed by atoms with Gasteiger partial charge in [-0.25, -0.2) is 5.43 Å². The van der Waals surface area contributed by atoms with E-state index in [1.54, 1.807) is 25.1 Å². The van der Waals surface area contributed by atoms with Crippen molar-refractivity contribution in [2.75, 3.05) is 0 Å². The topological polar surface area (TPSA) is 84.6 Å². The molecule has 2 aromatic rings. The van der Waals surface area contributed by atoms with Crippen molar-refractivity contribution in [2.24, 2.45) is 5.10 Å². The molecule has 0 bridgehead atoms. The zero-order chi connectivity index (χ0) is 17.0. The smallest absolute Gasteiger partial charge is 0.267 e. The molecule has 0 aliphatic heterocycles. The van der Waals surface area contributed by atoms with E-state index in [2.05, 4.69) is 10.5 Å². The monoisotopic (exact) mass is 351 g/mol. The lowest BCUT2D eigenvalue weighted by atomic mass is 10.1. The number of nitro benzene ring substituents is 1. The zero-order valence-corrected chi connectivity index (χ0v) is 13.4. The minimum Gasteiger partial charge on any atom is -0.267 e. The molecule has 0 saturated carbocycles. The van der Waals surface area contributed by atoms with Crippen LogP contribution in [0.2, 0.25) is 10.0 Å². The Morgan fingerprint density at radius 3 is 2.52 bits per heavy atom. The molecule has 0 saturated heterocycles. The van der Waals surface area contributed by atoms with Gasteiger partial charge < -0.3 is 0 Å². The Morgan fingerprint density at radius 1 is 1.13 bits per heavy atom. The number of carbonyl (C=O) groups is 1. The summed E-state index contributed by atoms with van der Waals surface area (Å²) in [5.41, 5.74) is 3.54. The van der Waals surface area contributed by atoms with Crippen molar-refractivity contribution in [3.05, 3.63) is 73.8 Å². The first-order chi connectivity index (χ1) is 10.9. The SMILES string of the molecule is CC(=NNC(=O)c1cccc([N+](=O)[O-])c1)c1ccc(Cl)c(Cl)c1. The van der Waals surface area contributed by atoms with Crippen LogP contribution in [0.5, 0.6) is 0 Å². The number of hydrogen-bond acceptors (Lipinski definition) is 4. The molecule has 1 amide bonds. The lowest BCUT2D eigenvalue weighted by Gasteiger charge is -2.04. The van der Waals surface area contributed by atoms with Crippen molar-refractivity contribution in [1.82, 2.24) is 5.43 Å². The molecule has 0 aromatic heterocycles. The summed E-state index contributed by atoms with van der Waals surface area (Å²) < 4.78 is 0. The number of nitro groups is 1. The normalized spacial score (nSPS) is 11.2. The number of amides is 1. The van der Waals surface area contributed by atoms with E-state index >= 15 is 0 Å². The third kappa shape index (κ3) is 4.28. The first-order valence-corrected chi connectivity index (χ1v) is 7.18. The molecule has 118 valence electrons. The van der Waals surface area contributed by atoms with Crippen LogP contribution in [-0.4, -0.2) is 16.5 Å². The standard InChI is InChI=1S/C15H11Cl2N3O3/c1-9(10-5-6-13(16)14(17)8-10)18-19-15(21)11-3-2-4-12(7-11)20(22)23/h2-8H,1H3,(H,19,21). The van der Waals surface area contributed by atoms with E-state index in [0.717, 1.165) is 0 Å². The molecule has 0 fully saturated rings. The van der Waals surface area contributed by atoms with Gasteiger partial charge >= 0.3 is 0 Å². The molecule has 0 aliphatic carbocycles. The predicted octanol–water partition coefficient (Wildman–Crippen LogP) is 4.06. The molecule has 0 heterocycles. The van der Waals surface area contributed by atoms with Gasteiger partial charge in [-0.1, -0.05) is 35.3 Å². The van der Waals surface area contributed by atoms with Gasteiger partial charge in [0.25, 0.3) is 11.6 Å². The number of hydrogen-bond donors (Lipinski definition) is 1. The molecule has 2 aromatic carbocycles. The molecule has 2 rings (SSSR count). The molecule has 0 unspecified atom stereocenters. The second kappa shape index (κ2) is 7.21. The number of carbonyl (C=O) groups excluding carboxylic acids is 1. The Balaban J connectivity index is 2.15. The fourth-order valence-electron chi connectivity index (χ4n) is 1.75. The Hall–Kier alpha value is -2.44. The minimum absolute atomic E-state index is 0.143. The zero-order valence-electron chi connectivity index (χ0n) is 11.9. The lowest BCUT2D eigenvalue weighted by molar-refractivity contribution is -0.384. The Bertz CT molecular complexity index is 806. The highest BCUT2D eigenvalue weighted by Gasteiger charge is 2.11. The molecule has 0 spiro atoms. The molecule has 0 aliphatic rings. The van der Waals surface area contributed by atoms with Crippen molar-refractivity contribution < 1.29 is 9.72 Å². The van der Waals surface area contributed by atoms with E-state index in [-0.39, 0.29) is 11.3 Å². The van der Waals surface area contributed by atoms with Crippen molar-refractivity contribution >= 4 is 40.5 Å². The first kappa shape index (κ1) is 16.9. The molecular formula is C15H11Cl2N3O3. The fourth-order valence-corrected chi connectivity index (χ4v) is 2.04. The summed E-state index contributed by atoms with van der Waals surface area (Å²) in [6, 6.07) is 10.4. The molecular weight excluding hydrogens is 341 g/mol. The van der Waals surface area contributed by atoms with Crippen LogP contribution in [0.4, 0.5) is 5.69 Å². The van der Waals surface area contributed by atoms with Crippen LogP contribution in [-0.2, 0) is 0 Å².